The van der Waals surface area contributed by atoms with Gasteiger partial charge in [-0.05, 0) is 30.2 Å². The van der Waals surface area contributed by atoms with Gasteiger partial charge >= 0.3 is 6.61 Å². The Balaban J connectivity index is 2.05. The maximum absolute atomic E-state index is 12.1. The monoisotopic (exact) mass is 295 g/mol. The van der Waals surface area contributed by atoms with Gasteiger partial charge < -0.3 is 10.5 Å². The van der Waals surface area contributed by atoms with E-state index in [-0.39, 0.29) is 11.8 Å². The third kappa shape index (κ3) is 4.01. The Morgan fingerprint density at radius 3 is 2.48 bits per heavy atom. The number of rotatable bonds is 6. The Morgan fingerprint density at radius 1 is 1.29 bits per heavy atom. The van der Waals surface area contributed by atoms with Crippen molar-refractivity contribution in [1.82, 2.24) is 9.78 Å². The molecule has 1 heterocycles. The van der Waals surface area contributed by atoms with Crippen LogP contribution in [0, 0.1) is 0 Å². The van der Waals surface area contributed by atoms with Crippen LogP contribution in [0.4, 0.5) is 8.78 Å². The van der Waals surface area contributed by atoms with Crippen LogP contribution in [0.15, 0.2) is 30.3 Å². The lowest BCUT2D eigenvalue weighted by Crippen LogP contribution is -2.15. The first-order valence-corrected chi connectivity index (χ1v) is 6.81. The van der Waals surface area contributed by atoms with Crippen LogP contribution in [0.25, 0.3) is 0 Å². The first kappa shape index (κ1) is 15.4. The first-order valence-electron chi connectivity index (χ1n) is 6.81. The van der Waals surface area contributed by atoms with Crippen molar-refractivity contribution in [3.63, 3.8) is 0 Å². The van der Waals surface area contributed by atoms with Crippen molar-refractivity contribution in [2.75, 3.05) is 0 Å². The van der Waals surface area contributed by atoms with Crippen LogP contribution in [-0.4, -0.2) is 16.4 Å². The topological polar surface area (TPSA) is 53.1 Å². The smallest absolute Gasteiger partial charge is 0.387 e. The predicted octanol–water partition coefficient (Wildman–Crippen LogP) is 2.83. The summed E-state index contributed by atoms with van der Waals surface area (Å²) < 4.78 is 30.3. The molecule has 2 N–H and O–H groups in total. The van der Waals surface area contributed by atoms with E-state index >= 15 is 0 Å². The highest BCUT2D eigenvalue weighted by molar-refractivity contribution is 5.30. The summed E-state index contributed by atoms with van der Waals surface area (Å²) in [6, 6.07) is 8.24. The molecule has 0 saturated heterocycles. The summed E-state index contributed by atoms with van der Waals surface area (Å²) in [4.78, 5) is 0. The van der Waals surface area contributed by atoms with Gasteiger partial charge in [0.15, 0.2) is 0 Å². The van der Waals surface area contributed by atoms with E-state index in [1.807, 2.05) is 24.7 Å². The Morgan fingerprint density at radius 2 is 1.95 bits per heavy atom. The number of nitrogens with two attached hydrogens (primary N) is 1. The van der Waals surface area contributed by atoms with Crippen molar-refractivity contribution < 1.29 is 13.5 Å². The summed E-state index contributed by atoms with van der Waals surface area (Å²) >= 11 is 0. The first-order chi connectivity index (χ1) is 9.99. The highest BCUT2D eigenvalue weighted by atomic mass is 19.3. The summed E-state index contributed by atoms with van der Waals surface area (Å²) in [7, 11) is 1.89. The molecule has 0 spiro atoms. The molecule has 0 saturated carbocycles. The van der Waals surface area contributed by atoms with Crippen LogP contribution >= 0.6 is 0 Å². The number of aryl methyl sites for hydroxylation is 2. The molecule has 0 amide bonds. The largest absolute Gasteiger partial charge is 0.435 e. The lowest BCUT2D eigenvalue weighted by Gasteiger charge is -2.13. The SMILES string of the molecule is CCc1cc(CC(N)c2ccc(OC(F)F)cc2)n(C)n1. The summed E-state index contributed by atoms with van der Waals surface area (Å²) in [5.41, 5.74) is 9.12. The lowest BCUT2D eigenvalue weighted by atomic mass is 10.0. The maximum atomic E-state index is 12.1. The molecule has 2 rings (SSSR count). The Labute approximate surface area is 122 Å². The van der Waals surface area contributed by atoms with Crippen molar-refractivity contribution in [2.45, 2.75) is 32.4 Å². The molecule has 1 aromatic carbocycles. The van der Waals surface area contributed by atoms with Crippen LogP contribution in [0.5, 0.6) is 5.75 Å². The minimum absolute atomic E-state index is 0.134. The van der Waals surface area contributed by atoms with Gasteiger partial charge in [-0.15, -0.1) is 0 Å². The molecule has 0 aliphatic heterocycles. The zero-order valence-electron chi connectivity index (χ0n) is 12.1. The van der Waals surface area contributed by atoms with Gasteiger partial charge in [-0.3, -0.25) is 4.68 Å². The second kappa shape index (κ2) is 6.67. The molecule has 1 aromatic heterocycles. The third-order valence-electron chi connectivity index (χ3n) is 3.35. The quantitative estimate of drug-likeness (QED) is 0.891. The molecule has 4 nitrogen and oxygen atoms in total. The number of aromatic nitrogens is 2. The normalized spacial score (nSPS) is 12.7. The molecule has 6 heteroatoms. The average Bonchev–Trinajstić information content (AvgIpc) is 2.79. The van der Waals surface area contributed by atoms with Crippen molar-refractivity contribution >= 4 is 0 Å². The lowest BCUT2D eigenvalue weighted by molar-refractivity contribution is -0.0498. The van der Waals surface area contributed by atoms with Gasteiger partial charge in [0.1, 0.15) is 5.75 Å². The minimum atomic E-state index is -2.81. The fraction of sp³-hybridized carbons (Fsp3) is 0.400. The van der Waals surface area contributed by atoms with E-state index in [4.69, 9.17) is 5.73 Å². The molecule has 0 radical (unpaired) electrons. The number of hydrogen-bond donors (Lipinski definition) is 1. The number of nitrogens with zero attached hydrogens (tertiary/aromatic N) is 2. The fourth-order valence-corrected chi connectivity index (χ4v) is 2.17. The zero-order valence-corrected chi connectivity index (χ0v) is 12.1. The molecule has 0 aliphatic carbocycles. The van der Waals surface area contributed by atoms with Crippen LogP contribution in [0.1, 0.15) is 29.9 Å². The van der Waals surface area contributed by atoms with E-state index in [1.165, 1.54) is 12.1 Å². The summed E-state index contributed by atoms with van der Waals surface area (Å²) in [5, 5.41) is 4.38. The third-order valence-corrected chi connectivity index (χ3v) is 3.35. The Hall–Kier alpha value is -1.95. The molecular formula is C15H19F2N3O. The van der Waals surface area contributed by atoms with Gasteiger partial charge in [0.05, 0.1) is 5.69 Å². The second-order valence-corrected chi connectivity index (χ2v) is 4.86. The highest BCUT2D eigenvalue weighted by Crippen LogP contribution is 2.21. The van der Waals surface area contributed by atoms with Gasteiger partial charge in [-0.1, -0.05) is 19.1 Å². The Bertz CT molecular complexity index is 581. The average molecular weight is 295 g/mol. The van der Waals surface area contributed by atoms with Crippen molar-refractivity contribution in [2.24, 2.45) is 12.8 Å². The van der Waals surface area contributed by atoms with E-state index in [1.54, 1.807) is 12.1 Å². The number of halogens is 2. The number of alkyl halides is 2. The van der Waals surface area contributed by atoms with Crippen molar-refractivity contribution in [3.05, 3.63) is 47.3 Å². The van der Waals surface area contributed by atoms with Gasteiger partial charge in [0.2, 0.25) is 0 Å². The van der Waals surface area contributed by atoms with E-state index in [0.29, 0.717) is 6.42 Å². The van der Waals surface area contributed by atoms with E-state index in [9.17, 15) is 8.78 Å². The molecule has 2 aromatic rings. The number of hydrogen-bond acceptors (Lipinski definition) is 3. The highest BCUT2D eigenvalue weighted by Gasteiger charge is 2.12. The maximum Gasteiger partial charge on any atom is 0.387 e. The second-order valence-electron chi connectivity index (χ2n) is 4.86. The van der Waals surface area contributed by atoms with Crippen LogP contribution in [-0.2, 0) is 19.9 Å². The molecule has 0 bridgehead atoms. The van der Waals surface area contributed by atoms with Crippen LogP contribution in [0.2, 0.25) is 0 Å². The summed E-state index contributed by atoms with van der Waals surface area (Å²) in [5.74, 6) is 0.134. The van der Waals surface area contributed by atoms with E-state index in [2.05, 4.69) is 9.84 Å². The number of benzene rings is 1. The molecule has 1 atom stereocenters. The predicted molar refractivity (Wildman–Crippen MR) is 76.3 cm³/mol. The van der Waals surface area contributed by atoms with Gasteiger partial charge in [0.25, 0.3) is 0 Å². The van der Waals surface area contributed by atoms with Crippen LogP contribution < -0.4 is 10.5 Å². The van der Waals surface area contributed by atoms with Crippen LogP contribution in [0.3, 0.4) is 0 Å². The zero-order chi connectivity index (χ0) is 15.4. The Kier molecular flexibility index (Phi) is 4.90. The van der Waals surface area contributed by atoms with Crippen molar-refractivity contribution in [3.8, 4) is 5.75 Å². The molecule has 1 unspecified atom stereocenters. The fourth-order valence-electron chi connectivity index (χ4n) is 2.17. The van der Waals surface area contributed by atoms with Gasteiger partial charge in [-0.2, -0.15) is 13.9 Å². The molecule has 0 aliphatic rings. The van der Waals surface area contributed by atoms with Gasteiger partial charge in [-0.25, -0.2) is 0 Å². The molecule has 21 heavy (non-hydrogen) atoms. The molecular weight excluding hydrogens is 276 g/mol. The summed E-state index contributed by atoms with van der Waals surface area (Å²) in [6.07, 6.45) is 1.52. The van der Waals surface area contributed by atoms with E-state index in [0.717, 1.165) is 23.4 Å². The van der Waals surface area contributed by atoms with E-state index < -0.39 is 6.61 Å². The molecule has 114 valence electrons. The summed E-state index contributed by atoms with van der Waals surface area (Å²) in [6.45, 7) is -0.764. The number of ether oxygens (including phenoxy) is 1. The van der Waals surface area contributed by atoms with Crippen molar-refractivity contribution in [1.29, 1.82) is 0 Å². The minimum Gasteiger partial charge on any atom is -0.435 e. The van der Waals surface area contributed by atoms with Gasteiger partial charge in [0, 0.05) is 25.2 Å². The standard InChI is InChI=1S/C15H19F2N3O/c1-3-11-8-12(20(2)19-11)9-14(18)10-4-6-13(7-5-10)21-15(16)17/h4-8,14-15H,3,9,18H2,1-2H3. The molecule has 0 fully saturated rings.